The SMILES string of the molecule is CC(C)(C)OC(=O)N1C(C(C)(C)OCc2ccccc2)COC1(C)C. The monoisotopic (exact) mass is 349 g/mol. The zero-order valence-electron chi connectivity index (χ0n) is 16.5. The highest BCUT2D eigenvalue weighted by atomic mass is 16.6. The molecule has 1 saturated heterocycles. The lowest BCUT2D eigenvalue weighted by molar-refractivity contribution is -0.0978. The Kier molecular flexibility index (Phi) is 5.50. The van der Waals surface area contributed by atoms with Crippen molar-refractivity contribution in [3.8, 4) is 0 Å². The van der Waals surface area contributed by atoms with E-state index in [1.807, 2.05) is 78.8 Å². The molecule has 1 aliphatic rings. The summed E-state index contributed by atoms with van der Waals surface area (Å²) in [5.74, 6) is 0. The third-order valence-corrected chi connectivity index (χ3v) is 4.33. The molecule has 0 radical (unpaired) electrons. The van der Waals surface area contributed by atoms with Gasteiger partial charge in [0.2, 0.25) is 0 Å². The summed E-state index contributed by atoms with van der Waals surface area (Å²) in [7, 11) is 0. The molecule has 1 heterocycles. The highest BCUT2D eigenvalue weighted by molar-refractivity contribution is 5.70. The van der Waals surface area contributed by atoms with Crippen LogP contribution < -0.4 is 0 Å². The second-order valence-electron chi connectivity index (χ2n) is 8.50. The van der Waals surface area contributed by atoms with E-state index in [9.17, 15) is 4.79 Å². The smallest absolute Gasteiger partial charge is 0.413 e. The average molecular weight is 349 g/mol. The second-order valence-corrected chi connectivity index (χ2v) is 8.50. The van der Waals surface area contributed by atoms with Crippen LogP contribution in [-0.2, 0) is 20.8 Å². The number of hydrogen-bond acceptors (Lipinski definition) is 4. The van der Waals surface area contributed by atoms with Crippen molar-refractivity contribution in [3.05, 3.63) is 35.9 Å². The number of carbonyl (C=O) groups is 1. The highest BCUT2D eigenvalue weighted by Gasteiger charge is 2.51. The topological polar surface area (TPSA) is 48.0 Å². The van der Waals surface area contributed by atoms with Crippen LogP contribution in [0.15, 0.2) is 30.3 Å². The number of amides is 1. The predicted molar refractivity (Wildman–Crippen MR) is 97.2 cm³/mol. The van der Waals surface area contributed by atoms with Gasteiger partial charge in [0.1, 0.15) is 11.3 Å². The lowest BCUT2D eigenvalue weighted by atomic mass is 9.97. The molecule has 0 saturated carbocycles. The minimum Gasteiger partial charge on any atom is -0.444 e. The first-order chi connectivity index (χ1) is 11.4. The Morgan fingerprint density at radius 1 is 1.20 bits per heavy atom. The largest absolute Gasteiger partial charge is 0.444 e. The van der Waals surface area contributed by atoms with Crippen LogP contribution in [0, 0.1) is 0 Å². The van der Waals surface area contributed by atoms with Gasteiger partial charge in [0, 0.05) is 0 Å². The molecule has 5 nitrogen and oxygen atoms in total. The third kappa shape index (κ3) is 4.95. The van der Waals surface area contributed by atoms with E-state index < -0.39 is 16.9 Å². The molecular weight excluding hydrogens is 318 g/mol. The van der Waals surface area contributed by atoms with Gasteiger partial charge in [-0.2, -0.15) is 0 Å². The minimum absolute atomic E-state index is 0.235. The summed E-state index contributed by atoms with van der Waals surface area (Å²) in [5, 5.41) is 0. The van der Waals surface area contributed by atoms with Crippen molar-refractivity contribution in [2.24, 2.45) is 0 Å². The highest BCUT2D eigenvalue weighted by Crippen LogP contribution is 2.36. The van der Waals surface area contributed by atoms with Gasteiger partial charge in [0.05, 0.1) is 24.9 Å². The van der Waals surface area contributed by atoms with Gasteiger partial charge < -0.3 is 14.2 Å². The van der Waals surface area contributed by atoms with E-state index in [1.54, 1.807) is 4.90 Å². The lowest BCUT2D eigenvalue weighted by Crippen LogP contribution is -2.57. The van der Waals surface area contributed by atoms with Crippen LogP contribution in [0.3, 0.4) is 0 Å². The third-order valence-electron chi connectivity index (χ3n) is 4.33. The van der Waals surface area contributed by atoms with Gasteiger partial charge in [-0.3, -0.25) is 4.90 Å². The molecule has 0 bridgehead atoms. The van der Waals surface area contributed by atoms with Crippen LogP contribution in [0.1, 0.15) is 54.0 Å². The van der Waals surface area contributed by atoms with E-state index in [0.717, 1.165) is 5.56 Å². The van der Waals surface area contributed by atoms with Crippen molar-refractivity contribution in [1.29, 1.82) is 0 Å². The fourth-order valence-corrected chi connectivity index (χ4v) is 2.91. The molecule has 0 N–H and O–H groups in total. The zero-order valence-corrected chi connectivity index (χ0v) is 16.5. The van der Waals surface area contributed by atoms with Gasteiger partial charge in [-0.25, -0.2) is 4.79 Å². The first-order valence-electron chi connectivity index (χ1n) is 8.76. The van der Waals surface area contributed by atoms with E-state index in [1.165, 1.54) is 0 Å². The van der Waals surface area contributed by atoms with Crippen molar-refractivity contribution in [1.82, 2.24) is 4.90 Å². The van der Waals surface area contributed by atoms with Crippen LogP contribution in [0.4, 0.5) is 4.79 Å². The Morgan fingerprint density at radius 2 is 1.80 bits per heavy atom. The predicted octanol–water partition coefficient (Wildman–Crippen LogP) is 4.35. The van der Waals surface area contributed by atoms with E-state index in [0.29, 0.717) is 13.2 Å². The van der Waals surface area contributed by atoms with Crippen molar-refractivity contribution >= 4 is 6.09 Å². The molecule has 25 heavy (non-hydrogen) atoms. The lowest BCUT2D eigenvalue weighted by Gasteiger charge is -2.41. The molecule has 140 valence electrons. The average Bonchev–Trinajstić information content (AvgIpc) is 2.81. The maximum Gasteiger partial charge on any atom is 0.413 e. The van der Waals surface area contributed by atoms with Crippen molar-refractivity contribution in [3.63, 3.8) is 0 Å². The molecular formula is C20H31NO4. The summed E-state index contributed by atoms with van der Waals surface area (Å²) < 4.78 is 17.7. The van der Waals surface area contributed by atoms with E-state index in [4.69, 9.17) is 14.2 Å². The standard InChI is InChI=1S/C20H31NO4/c1-18(2,3)25-17(22)21-16(14-24-20(21,6)7)19(4,5)23-13-15-11-9-8-10-12-15/h8-12,16H,13-14H2,1-7H3. The van der Waals surface area contributed by atoms with Crippen LogP contribution in [0.25, 0.3) is 0 Å². The van der Waals surface area contributed by atoms with Crippen molar-refractivity contribution < 1.29 is 19.0 Å². The number of rotatable bonds is 4. The summed E-state index contributed by atoms with van der Waals surface area (Å²) >= 11 is 0. The Labute approximate surface area is 151 Å². The molecule has 0 aromatic heterocycles. The molecule has 1 fully saturated rings. The Hall–Kier alpha value is -1.59. The van der Waals surface area contributed by atoms with Crippen molar-refractivity contribution in [2.45, 2.75) is 78.0 Å². The van der Waals surface area contributed by atoms with E-state index in [2.05, 4.69) is 0 Å². The van der Waals surface area contributed by atoms with Crippen LogP contribution in [0.5, 0.6) is 0 Å². The molecule has 0 spiro atoms. The molecule has 1 atom stereocenters. The fourth-order valence-electron chi connectivity index (χ4n) is 2.91. The molecule has 1 aliphatic heterocycles. The first kappa shape index (κ1) is 19.7. The second kappa shape index (κ2) is 6.96. The maximum absolute atomic E-state index is 12.8. The molecule has 1 amide bonds. The summed E-state index contributed by atoms with van der Waals surface area (Å²) in [5.41, 5.74) is -0.784. The van der Waals surface area contributed by atoms with Gasteiger partial charge in [0.15, 0.2) is 0 Å². The molecule has 0 aliphatic carbocycles. The van der Waals surface area contributed by atoms with Gasteiger partial charge in [0.25, 0.3) is 0 Å². The summed E-state index contributed by atoms with van der Waals surface area (Å²) in [6.07, 6.45) is -0.378. The van der Waals surface area contributed by atoms with Gasteiger partial charge in [-0.1, -0.05) is 30.3 Å². The molecule has 2 rings (SSSR count). The van der Waals surface area contributed by atoms with Crippen LogP contribution in [0.2, 0.25) is 0 Å². The number of nitrogens with zero attached hydrogens (tertiary/aromatic N) is 1. The number of carbonyl (C=O) groups excluding carboxylic acids is 1. The van der Waals surface area contributed by atoms with Gasteiger partial charge in [-0.15, -0.1) is 0 Å². The maximum atomic E-state index is 12.8. The first-order valence-corrected chi connectivity index (χ1v) is 8.76. The normalized spacial score (nSPS) is 20.6. The Bertz CT molecular complexity index is 589. The van der Waals surface area contributed by atoms with E-state index >= 15 is 0 Å². The quantitative estimate of drug-likeness (QED) is 0.810. The number of ether oxygens (including phenoxy) is 3. The molecule has 1 aromatic carbocycles. The summed E-state index contributed by atoms with van der Waals surface area (Å²) in [6.45, 7) is 14.2. The molecule has 1 aromatic rings. The van der Waals surface area contributed by atoms with Crippen LogP contribution in [-0.4, -0.2) is 40.6 Å². The Morgan fingerprint density at radius 3 is 2.36 bits per heavy atom. The fraction of sp³-hybridized carbons (Fsp3) is 0.650. The number of hydrogen-bond donors (Lipinski definition) is 0. The minimum atomic E-state index is -0.736. The summed E-state index contributed by atoms with van der Waals surface area (Å²) in [6, 6.07) is 9.77. The molecule has 5 heteroatoms. The van der Waals surface area contributed by atoms with Gasteiger partial charge in [-0.05, 0) is 54.0 Å². The van der Waals surface area contributed by atoms with E-state index in [-0.39, 0.29) is 12.1 Å². The zero-order chi connectivity index (χ0) is 18.9. The molecule has 1 unspecified atom stereocenters. The summed E-state index contributed by atoms with van der Waals surface area (Å²) in [4.78, 5) is 14.4. The van der Waals surface area contributed by atoms with Gasteiger partial charge >= 0.3 is 6.09 Å². The van der Waals surface area contributed by atoms with Crippen LogP contribution >= 0.6 is 0 Å². The number of benzene rings is 1. The Balaban J connectivity index is 2.15. The van der Waals surface area contributed by atoms with Crippen molar-refractivity contribution in [2.75, 3.05) is 6.61 Å².